The standard InChI is InChI=1S/C22H23F4N3.C2H3ClO/c1-3-27-21(22(24,25)26)18-12-16-15-6-4-5-7-17(15)28-19(16)20(29(18)2)13-8-10-14(23)11-9-13;3-1-2-4/h4-11,18,20-21,27-28H,3,12H2,1-2H3;2H,1H2. The minimum atomic E-state index is -4.38. The summed E-state index contributed by atoms with van der Waals surface area (Å²) < 4.78 is 55.2. The number of nitrogens with one attached hydrogen (secondary N) is 2. The van der Waals surface area contributed by atoms with E-state index >= 15 is 0 Å². The van der Waals surface area contributed by atoms with Gasteiger partial charge in [0.15, 0.2) is 0 Å². The number of alkyl halides is 4. The Labute approximate surface area is 194 Å². The quantitative estimate of drug-likeness (QED) is 0.297. The maximum Gasteiger partial charge on any atom is 0.405 e. The number of H-pyrrole nitrogens is 1. The van der Waals surface area contributed by atoms with Crippen LogP contribution in [0.5, 0.6) is 0 Å². The predicted octanol–water partition coefficient (Wildman–Crippen LogP) is 5.22. The van der Waals surface area contributed by atoms with E-state index in [1.54, 1.807) is 31.0 Å². The molecule has 1 aliphatic rings. The van der Waals surface area contributed by atoms with Gasteiger partial charge in [0.25, 0.3) is 0 Å². The molecule has 2 heterocycles. The number of benzene rings is 2. The lowest BCUT2D eigenvalue weighted by atomic mass is 9.85. The molecule has 3 unspecified atom stereocenters. The van der Waals surface area contributed by atoms with Crippen LogP contribution in [0.3, 0.4) is 0 Å². The fourth-order valence-corrected chi connectivity index (χ4v) is 4.51. The lowest BCUT2D eigenvalue weighted by molar-refractivity contribution is -0.172. The van der Waals surface area contributed by atoms with Crippen molar-refractivity contribution in [2.45, 2.75) is 37.6 Å². The first kappa shape index (κ1) is 25.2. The number of hydrogen-bond acceptors (Lipinski definition) is 3. The molecular formula is C24H26ClF4N3O. The van der Waals surface area contributed by atoms with Gasteiger partial charge in [-0.15, -0.1) is 11.6 Å². The van der Waals surface area contributed by atoms with Gasteiger partial charge in [0.05, 0.1) is 11.9 Å². The Balaban J connectivity index is 0.000000709. The number of carbonyl (C=O) groups excluding carboxylic acids is 1. The molecular weight excluding hydrogens is 458 g/mol. The highest BCUT2D eigenvalue weighted by molar-refractivity contribution is 6.24. The first-order chi connectivity index (χ1) is 15.7. The van der Waals surface area contributed by atoms with Crippen LogP contribution in [-0.4, -0.2) is 53.9 Å². The van der Waals surface area contributed by atoms with Crippen molar-refractivity contribution in [2.24, 2.45) is 0 Å². The van der Waals surface area contributed by atoms with Crippen molar-refractivity contribution in [3.63, 3.8) is 0 Å². The van der Waals surface area contributed by atoms with Crippen LogP contribution in [0.4, 0.5) is 17.6 Å². The SMILES string of the molecule is CCNC(C1Cc2c([nH]c3ccccc23)C(c2ccc(F)cc2)N1C)C(F)(F)F.O=CCCl. The fraction of sp³-hybridized carbons (Fsp3) is 0.375. The summed E-state index contributed by atoms with van der Waals surface area (Å²) in [5.74, 6) is -0.263. The molecule has 0 bridgehead atoms. The normalized spacial score (nSPS) is 19.5. The summed E-state index contributed by atoms with van der Waals surface area (Å²) in [6.45, 7) is 1.90. The minimum Gasteiger partial charge on any atom is -0.357 e. The molecule has 9 heteroatoms. The molecule has 0 radical (unpaired) electrons. The summed E-state index contributed by atoms with van der Waals surface area (Å²) >= 11 is 4.82. The van der Waals surface area contributed by atoms with Crippen molar-refractivity contribution in [2.75, 3.05) is 19.5 Å². The van der Waals surface area contributed by atoms with Crippen LogP contribution in [0, 0.1) is 5.82 Å². The second kappa shape index (κ2) is 10.7. The van der Waals surface area contributed by atoms with E-state index < -0.39 is 24.3 Å². The number of fused-ring (bicyclic) bond motifs is 3. The van der Waals surface area contributed by atoms with Gasteiger partial charge >= 0.3 is 6.18 Å². The van der Waals surface area contributed by atoms with Crippen LogP contribution in [-0.2, 0) is 11.2 Å². The van der Waals surface area contributed by atoms with Gasteiger partial charge in [0, 0.05) is 22.6 Å². The third kappa shape index (κ3) is 5.39. The molecule has 0 spiro atoms. The lowest BCUT2D eigenvalue weighted by Gasteiger charge is -2.44. The molecule has 0 saturated heterocycles. The van der Waals surface area contributed by atoms with Crippen LogP contribution in [0.15, 0.2) is 48.5 Å². The van der Waals surface area contributed by atoms with Gasteiger partial charge in [-0.1, -0.05) is 37.3 Å². The van der Waals surface area contributed by atoms with Crippen molar-refractivity contribution in [3.8, 4) is 0 Å². The molecule has 3 aromatic rings. The first-order valence-corrected chi connectivity index (χ1v) is 11.1. The third-order valence-electron chi connectivity index (χ3n) is 5.87. The van der Waals surface area contributed by atoms with E-state index in [2.05, 4.69) is 10.3 Å². The summed E-state index contributed by atoms with van der Waals surface area (Å²) in [5, 5.41) is 3.57. The van der Waals surface area contributed by atoms with Crippen LogP contribution >= 0.6 is 11.6 Å². The van der Waals surface area contributed by atoms with E-state index in [0.717, 1.165) is 27.7 Å². The number of halogens is 5. The zero-order valence-corrected chi connectivity index (χ0v) is 19.1. The van der Waals surface area contributed by atoms with Gasteiger partial charge in [-0.25, -0.2) is 4.39 Å². The van der Waals surface area contributed by atoms with Gasteiger partial charge < -0.3 is 15.1 Å². The average Bonchev–Trinajstić information content (AvgIpc) is 3.15. The Bertz CT molecular complexity index is 1070. The van der Waals surface area contributed by atoms with Crippen LogP contribution in [0.1, 0.15) is 29.8 Å². The molecule has 0 amide bonds. The second-order valence-corrected chi connectivity index (χ2v) is 8.16. The van der Waals surface area contributed by atoms with Crippen LogP contribution < -0.4 is 5.32 Å². The van der Waals surface area contributed by atoms with E-state index in [1.807, 2.05) is 24.3 Å². The summed E-state index contributed by atoms with van der Waals surface area (Å²) in [7, 11) is 1.71. The second-order valence-electron chi connectivity index (χ2n) is 7.85. The number of aromatic amines is 1. The van der Waals surface area contributed by atoms with Gasteiger partial charge in [0.2, 0.25) is 0 Å². The molecule has 3 atom stereocenters. The number of hydrogen-bond donors (Lipinski definition) is 2. The number of aromatic nitrogens is 1. The Hall–Kier alpha value is -2.42. The molecule has 1 aromatic heterocycles. The summed E-state index contributed by atoms with van der Waals surface area (Å²) in [6, 6.07) is 10.7. The van der Waals surface area contributed by atoms with Crippen molar-refractivity contribution in [1.82, 2.24) is 15.2 Å². The highest BCUT2D eigenvalue weighted by Crippen LogP contribution is 2.42. The smallest absolute Gasteiger partial charge is 0.357 e. The third-order valence-corrected chi connectivity index (χ3v) is 6.00. The van der Waals surface area contributed by atoms with E-state index in [9.17, 15) is 17.6 Å². The first-order valence-electron chi connectivity index (χ1n) is 10.6. The highest BCUT2D eigenvalue weighted by atomic mass is 35.5. The van der Waals surface area contributed by atoms with Crippen molar-refractivity contribution < 1.29 is 22.4 Å². The van der Waals surface area contributed by atoms with Gasteiger partial charge in [-0.2, -0.15) is 13.2 Å². The monoisotopic (exact) mass is 483 g/mol. The predicted molar refractivity (Wildman–Crippen MR) is 122 cm³/mol. The number of carbonyl (C=O) groups is 1. The zero-order valence-electron chi connectivity index (χ0n) is 18.3. The Morgan fingerprint density at radius 2 is 1.85 bits per heavy atom. The molecule has 0 fully saturated rings. The molecule has 2 aromatic carbocycles. The Kier molecular flexibility index (Phi) is 8.15. The summed E-state index contributed by atoms with van der Waals surface area (Å²) in [4.78, 5) is 14.2. The molecule has 1 aliphatic heterocycles. The van der Waals surface area contributed by atoms with Gasteiger partial charge in [0.1, 0.15) is 18.1 Å². The fourth-order valence-electron chi connectivity index (χ4n) is 4.51. The number of aldehydes is 1. The zero-order chi connectivity index (χ0) is 24.2. The largest absolute Gasteiger partial charge is 0.405 e. The maximum atomic E-state index is 13.9. The molecule has 4 nitrogen and oxygen atoms in total. The number of likely N-dealkylation sites (N-methyl/N-ethyl adjacent to an activating group) is 2. The van der Waals surface area contributed by atoms with Gasteiger partial charge in [-0.3, -0.25) is 4.90 Å². The van der Waals surface area contributed by atoms with Crippen molar-refractivity contribution in [1.29, 1.82) is 0 Å². The number of para-hydroxylation sites is 1. The van der Waals surface area contributed by atoms with Crippen LogP contribution in [0.2, 0.25) is 0 Å². The highest BCUT2D eigenvalue weighted by Gasteiger charge is 2.49. The maximum absolute atomic E-state index is 13.9. The van der Waals surface area contributed by atoms with E-state index in [0.29, 0.717) is 6.29 Å². The molecule has 0 aliphatic carbocycles. The molecule has 4 rings (SSSR count). The van der Waals surface area contributed by atoms with Crippen LogP contribution in [0.25, 0.3) is 10.9 Å². The topological polar surface area (TPSA) is 48.1 Å². The van der Waals surface area contributed by atoms with Crippen molar-refractivity contribution >= 4 is 28.8 Å². The van der Waals surface area contributed by atoms with Gasteiger partial charge in [-0.05, 0) is 49.3 Å². The lowest BCUT2D eigenvalue weighted by Crippen LogP contribution is -2.59. The molecule has 0 saturated carbocycles. The number of rotatable bonds is 5. The average molecular weight is 484 g/mol. The van der Waals surface area contributed by atoms with E-state index in [1.165, 1.54) is 12.1 Å². The summed E-state index contributed by atoms with van der Waals surface area (Å²) in [6.07, 6.45) is -3.47. The summed E-state index contributed by atoms with van der Waals surface area (Å²) in [5.41, 5.74) is 3.41. The number of nitrogens with zero attached hydrogens (tertiary/aromatic N) is 1. The minimum absolute atomic E-state index is 0.111. The van der Waals surface area contributed by atoms with Crippen molar-refractivity contribution in [3.05, 3.63) is 71.2 Å². The Morgan fingerprint density at radius 3 is 2.42 bits per heavy atom. The molecule has 178 valence electrons. The molecule has 33 heavy (non-hydrogen) atoms. The Morgan fingerprint density at radius 1 is 1.21 bits per heavy atom. The van der Waals surface area contributed by atoms with E-state index in [4.69, 9.17) is 16.4 Å². The van der Waals surface area contributed by atoms with E-state index in [-0.39, 0.29) is 24.7 Å². The molecule has 2 N–H and O–H groups in total.